The second-order valence-electron chi connectivity index (χ2n) is 11.2. The van der Waals surface area contributed by atoms with Crippen LogP contribution in [0.15, 0.2) is 53.4 Å². The van der Waals surface area contributed by atoms with Gasteiger partial charge >= 0.3 is 0 Å². The molecule has 41 heavy (non-hydrogen) atoms. The highest BCUT2D eigenvalue weighted by molar-refractivity contribution is 7.90. The van der Waals surface area contributed by atoms with Gasteiger partial charge in [-0.05, 0) is 62.1 Å². The fourth-order valence-corrected chi connectivity index (χ4v) is 5.71. The molecule has 10 nitrogen and oxygen atoms in total. The summed E-state index contributed by atoms with van der Waals surface area (Å²) < 4.78 is 24.5. The van der Waals surface area contributed by atoms with E-state index in [1.54, 1.807) is 31.2 Å². The third-order valence-electron chi connectivity index (χ3n) is 7.11. The molecule has 2 atom stereocenters. The van der Waals surface area contributed by atoms with Gasteiger partial charge in [-0.3, -0.25) is 19.2 Å². The highest BCUT2D eigenvalue weighted by Crippen LogP contribution is 2.21. The quantitative estimate of drug-likeness (QED) is 0.506. The van der Waals surface area contributed by atoms with E-state index in [9.17, 15) is 27.6 Å². The number of nitrogens with zero attached hydrogens (tertiary/aromatic N) is 3. The standard InChI is InChI=1S/C30H40N4O6S/c1-20(2)17-26(31-28(36)22-11-13-23(14-12-22)32(4)5)30(38)33-16-15-21(3)34(19-24(35)18-33)29(37)25-9-7-8-10-27(25)41(6,39)40/h7-14,20-21,26H,15-19H2,1-6H3,(H,31,36)/t21-,26-/m0/s1. The Morgan fingerprint density at radius 3 is 2.24 bits per heavy atom. The van der Waals surface area contributed by atoms with E-state index in [1.807, 2.05) is 45.0 Å². The Bertz CT molecular complexity index is 1390. The summed E-state index contributed by atoms with van der Waals surface area (Å²) in [5.74, 6) is -1.52. The molecule has 3 rings (SSSR count). The average molecular weight is 585 g/mol. The van der Waals surface area contributed by atoms with E-state index in [2.05, 4.69) is 5.32 Å². The zero-order valence-electron chi connectivity index (χ0n) is 24.6. The molecule has 0 bridgehead atoms. The summed E-state index contributed by atoms with van der Waals surface area (Å²) >= 11 is 0. The highest BCUT2D eigenvalue weighted by atomic mass is 32.2. The Morgan fingerprint density at radius 2 is 1.66 bits per heavy atom. The Morgan fingerprint density at radius 1 is 1.02 bits per heavy atom. The molecule has 0 saturated carbocycles. The normalized spacial score (nSPS) is 17.0. The number of nitrogens with one attached hydrogen (secondary N) is 1. The van der Waals surface area contributed by atoms with Crippen molar-refractivity contribution in [1.82, 2.24) is 15.1 Å². The summed E-state index contributed by atoms with van der Waals surface area (Å²) in [6.07, 6.45) is 1.81. The number of carbonyl (C=O) groups is 4. The minimum atomic E-state index is -3.66. The Hall–Kier alpha value is -3.73. The molecule has 0 radical (unpaired) electrons. The fraction of sp³-hybridized carbons (Fsp3) is 0.467. The summed E-state index contributed by atoms with van der Waals surface area (Å²) in [4.78, 5) is 57.9. The number of rotatable bonds is 8. The van der Waals surface area contributed by atoms with Crippen molar-refractivity contribution in [2.45, 2.75) is 50.6 Å². The molecule has 1 saturated heterocycles. The number of amides is 3. The number of carbonyl (C=O) groups excluding carboxylic acids is 4. The monoisotopic (exact) mass is 584 g/mol. The van der Waals surface area contributed by atoms with E-state index < -0.39 is 27.8 Å². The molecule has 1 aliphatic rings. The van der Waals surface area contributed by atoms with Gasteiger partial charge in [-0.25, -0.2) is 8.42 Å². The van der Waals surface area contributed by atoms with Gasteiger partial charge in [0.25, 0.3) is 11.8 Å². The minimum absolute atomic E-state index is 0.0153. The van der Waals surface area contributed by atoms with Gasteiger partial charge in [0, 0.05) is 44.2 Å². The van der Waals surface area contributed by atoms with Crippen LogP contribution in [0, 0.1) is 5.92 Å². The summed E-state index contributed by atoms with van der Waals surface area (Å²) in [5.41, 5.74) is 1.39. The summed E-state index contributed by atoms with van der Waals surface area (Å²) in [6, 6.07) is 11.7. The third kappa shape index (κ3) is 8.16. The summed E-state index contributed by atoms with van der Waals surface area (Å²) in [5, 5.41) is 2.86. The zero-order chi connectivity index (χ0) is 30.5. The lowest BCUT2D eigenvalue weighted by Gasteiger charge is -2.36. The van der Waals surface area contributed by atoms with Crippen LogP contribution in [0.4, 0.5) is 5.69 Å². The van der Waals surface area contributed by atoms with E-state index in [1.165, 1.54) is 21.9 Å². The number of anilines is 1. The van der Waals surface area contributed by atoms with Crippen LogP contribution in [0.3, 0.4) is 0 Å². The topological polar surface area (TPSA) is 124 Å². The van der Waals surface area contributed by atoms with Gasteiger partial charge in [-0.2, -0.15) is 0 Å². The zero-order valence-corrected chi connectivity index (χ0v) is 25.4. The lowest BCUT2D eigenvalue weighted by molar-refractivity contribution is -0.138. The predicted octanol–water partition coefficient (Wildman–Crippen LogP) is 2.63. The smallest absolute Gasteiger partial charge is 0.255 e. The van der Waals surface area contributed by atoms with E-state index in [-0.39, 0.29) is 53.6 Å². The Balaban J connectivity index is 1.76. The van der Waals surface area contributed by atoms with Gasteiger partial charge in [0.2, 0.25) is 5.91 Å². The molecule has 1 N–H and O–H groups in total. The number of ketones is 1. The van der Waals surface area contributed by atoms with Crippen molar-refractivity contribution in [3.8, 4) is 0 Å². The molecule has 222 valence electrons. The maximum absolute atomic E-state index is 13.7. The first-order valence-corrected chi connectivity index (χ1v) is 15.6. The van der Waals surface area contributed by atoms with E-state index in [4.69, 9.17) is 0 Å². The molecule has 0 aliphatic carbocycles. The molecule has 1 heterocycles. The molecule has 2 aromatic carbocycles. The number of hydrogen-bond donors (Lipinski definition) is 1. The second kappa shape index (κ2) is 13.3. The summed E-state index contributed by atoms with van der Waals surface area (Å²) in [7, 11) is 0.147. The van der Waals surface area contributed by atoms with Crippen molar-refractivity contribution in [3.05, 3.63) is 59.7 Å². The van der Waals surface area contributed by atoms with Gasteiger partial charge in [0.15, 0.2) is 15.6 Å². The van der Waals surface area contributed by atoms with Crippen LogP contribution in [-0.2, 0) is 19.4 Å². The van der Waals surface area contributed by atoms with Crippen molar-refractivity contribution in [2.75, 3.05) is 44.9 Å². The maximum atomic E-state index is 13.7. The van der Waals surface area contributed by atoms with Crippen LogP contribution >= 0.6 is 0 Å². The lowest BCUT2D eigenvalue weighted by Crippen LogP contribution is -2.54. The van der Waals surface area contributed by atoms with Crippen molar-refractivity contribution in [2.24, 2.45) is 5.92 Å². The van der Waals surface area contributed by atoms with Gasteiger partial charge in [0.05, 0.1) is 23.5 Å². The molecular formula is C30H40N4O6S. The van der Waals surface area contributed by atoms with Crippen LogP contribution < -0.4 is 10.2 Å². The lowest BCUT2D eigenvalue weighted by atomic mass is 10.0. The Kier molecular flexibility index (Phi) is 10.3. The molecule has 1 fully saturated rings. The van der Waals surface area contributed by atoms with Crippen LogP contribution in [-0.4, -0.2) is 93.8 Å². The van der Waals surface area contributed by atoms with E-state index >= 15 is 0 Å². The maximum Gasteiger partial charge on any atom is 0.255 e. The van der Waals surface area contributed by atoms with Crippen molar-refractivity contribution < 1.29 is 27.6 Å². The SMILES string of the molecule is CC(C)C[C@H](NC(=O)c1ccc(N(C)C)cc1)C(=O)N1CC[C@H](C)N(C(=O)c2ccccc2S(C)(=O)=O)CC(=O)C1. The third-order valence-corrected chi connectivity index (χ3v) is 8.26. The number of benzene rings is 2. The molecule has 1 aliphatic heterocycles. The first-order chi connectivity index (χ1) is 19.2. The predicted molar refractivity (Wildman–Crippen MR) is 158 cm³/mol. The molecular weight excluding hydrogens is 544 g/mol. The van der Waals surface area contributed by atoms with Crippen molar-refractivity contribution >= 4 is 39.0 Å². The van der Waals surface area contributed by atoms with Crippen LogP contribution in [0.5, 0.6) is 0 Å². The highest BCUT2D eigenvalue weighted by Gasteiger charge is 2.34. The molecule has 3 amide bonds. The minimum Gasteiger partial charge on any atom is -0.378 e. The van der Waals surface area contributed by atoms with Crippen molar-refractivity contribution in [1.29, 1.82) is 0 Å². The van der Waals surface area contributed by atoms with Crippen LogP contribution in [0.25, 0.3) is 0 Å². The number of Topliss-reactive ketones (excluding diaryl/α,β-unsaturated/α-hetero) is 1. The van der Waals surface area contributed by atoms with Crippen molar-refractivity contribution in [3.63, 3.8) is 0 Å². The fourth-order valence-electron chi connectivity index (χ4n) is 4.83. The first kappa shape index (κ1) is 31.8. The summed E-state index contributed by atoms with van der Waals surface area (Å²) in [6.45, 7) is 5.40. The van der Waals surface area contributed by atoms with Crippen LogP contribution in [0.1, 0.15) is 54.3 Å². The van der Waals surface area contributed by atoms with Gasteiger partial charge in [-0.1, -0.05) is 26.0 Å². The molecule has 0 aromatic heterocycles. The number of hydrogen-bond acceptors (Lipinski definition) is 7. The largest absolute Gasteiger partial charge is 0.378 e. The van der Waals surface area contributed by atoms with Crippen LogP contribution in [0.2, 0.25) is 0 Å². The molecule has 11 heteroatoms. The van der Waals surface area contributed by atoms with Gasteiger partial charge < -0.3 is 20.0 Å². The number of sulfone groups is 1. The van der Waals surface area contributed by atoms with Gasteiger partial charge in [-0.15, -0.1) is 0 Å². The Labute approximate surface area is 242 Å². The molecule has 0 unspecified atom stereocenters. The average Bonchev–Trinajstić information content (AvgIpc) is 2.91. The van der Waals surface area contributed by atoms with Gasteiger partial charge in [0.1, 0.15) is 6.04 Å². The molecule has 2 aromatic rings. The molecule has 0 spiro atoms. The van der Waals surface area contributed by atoms with E-state index in [0.29, 0.717) is 18.4 Å². The second-order valence-corrected chi connectivity index (χ2v) is 13.2. The van der Waals surface area contributed by atoms with E-state index in [0.717, 1.165) is 11.9 Å². The first-order valence-electron chi connectivity index (χ1n) is 13.7.